The van der Waals surface area contributed by atoms with Crippen LogP contribution in [-0.2, 0) is 18.9 Å². The Labute approximate surface area is 196 Å². The van der Waals surface area contributed by atoms with E-state index in [0.29, 0.717) is 32.2 Å². The summed E-state index contributed by atoms with van der Waals surface area (Å²) in [6.07, 6.45) is 5.32. The first kappa shape index (κ1) is 26.0. The molecule has 3 amide bonds. The summed E-state index contributed by atoms with van der Waals surface area (Å²) in [5.74, 6) is -0.764. The zero-order valence-electron chi connectivity index (χ0n) is 20.6. The highest BCUT2D eigenvalue weighted by molar-refractivity contribution is 7.59. The third-order valence-corrected chi connectivity index (χ3v) is 9.58. The van der Waals surface area contributed by atoms with Crippen LogP contribution in [0, 0.1) is 11.3 Å². The lowest BCUT2D eigenvalue weighted by atomic mass is 9.85. The Kier molecular flexibility index (Phi) is 7.54. The van der Waals surface area contributed by atoms with Crippen molar-refractivity contribution in [3.05, 3.63) is 0 Å². The van der Waals surface area contributed by atoms with Crippen LogP contribution in [0.4, 0.5) is 4.79 Å². The third kappa shape index (κ3) is 5.56. The second-order valence-electron chi connectivity index (χ2n) is 11.0. The minimum Gasteiger partial charge on any atom is -0.446 e. The molecule has 5 atom stereocenters. The molecule has 9 nitrogen and oxygen atoms in total. The van der Waals surface area contributed by atoms with Gasteiger partial charge in [-0.05, 0) is 56.3 Å². The molecule has 0 aromatic rings. The normalized spacial score (nSPS) is 30.4. The van der Waals surface area contributed by atoms with Crippen LogP contribution in [-0.4, -0.2) is 64.4 Å². The number of likely N-dealkylation sites (tertiary alicyclic amines) is 1. The summed E-state index contributed by atoms with van der Waals surface area (Å²) in [5, 5.41) is 4.50. The van der Waals surface area contributed by atoms with Crippen LogP contribution >= 0.6 is 7.37 Å². The van der Waals surface area contributed by atoms with Crippen molar-refractivity contribution in [3.63, 3.8) is 0 Å². The van der Waals surface area contributed by atoms with Gasteiger partial charge < -0.3 is 25.2 Å². The van der Waals surface area contributed by atoms with Crippen molar-refractivity contribution in [2.45, 2.75) is 103 Å². The number of hydrogen-bond donors (Lipinski definition) is 3. The molecular formula is C23H40N3O6P. The van der Waals surface area contributed by atoms with Gasteiger partial charge in [0.15, 0.2) is 0 Å². The minimum absolute atomic E-state index is 0.0396. The first-order valence-corrected chi connectivity index (χ1v) is 14.3. The summed E-state index contributed by atoms with van der Waals surface area (Å²) < 4.78 is 18.0. The lowest BCUT2D eigenvalue weighted by Gasteiger charge is -2.36. The maximum absolute atomic E-state index is 13.5. The smallest absolute Gasteiger partial charge is 0.408 e. The van der Waals surface area contributed by atoms with Crippen LogP contribution in [0.2, 0.25) is 0 Å². The Hall–Kier alpha value is -1.60. The van der Waals surface area contributed by atoms with Gasteiger partial charge >= 0.3 is 6.09 Å². The largest absolute Gasteiger partial charge is 0.446 e. The molecular weight excluding hydrogens is 445 g/mol. The molecule has 3 N–H and O–H groups in total. The van der Waals surface area contributed by atoms with Crippen molar-refractivity contribution in [3.8, 4) is 0 Å². The van der Waals surface area contributed by atoms with Gasteiger partial charge in [-0.15, -0.1) is 0 Å². The van der Waals surface area contributed by atoms with E-state index in [9.17, 15) is 23.8 Å². The lowest BCUT2D eigenvalue weighted by Crippen LogP contribution is -2.58. The Morgan fingerprint density at radius 3 is 2.33 bits per heavy atom. The molecule has 1 unspecified atom stereocenters. The summed E-state index contributed by atoms with van der Waals surface area (Å²) in [7, 11) is -3.56. The second kappa shape index (κ2) is 9.57. The van der Waals surface area contributed by atoms with Crippen molar-refractivity contribution in [1.82, 2.24) is 15.5 Å². The molecule has 0 radical (unpaired) electrons. The zero-order valence-corrected chi connectivity index (χ0v) is 21.5. The van der Waals surface area contributed by atoms with Gasteiger partial charge in [-0.2, -0.15) is 0 Å². The average Bonchev–Trinajstić information content (AvgIpc) is 3.07. The van der Waals surface area contributed by atoms with E-state index in [4.69, 9.17) is 4.74 Å². The van der Waals surface area contributed by atoms with E-state index in [2.05, 4.69) is 10.6 Å². The standard InChI is InChI=1S/C23H40N3O6P/c1-6-15-14-23(15,33(5,30)31)25-19(27)17-12-9-13-26(17)20(28)18(22(2,3)4)24-21(29)32-16-10-7-8-11-16/h15-18H,6-14H2,1-5H3,(H,24,29)(H,25,27)(H,30,31)/t15-,17+,18-,23+/m1/s1. The van der Waals surface area contributed by atoms with Crippen LogP contribution < -0.4 is 10.6 Å². The first-order valence-electron chi connectivity index (χ1n) is 12.2. The number of carbonyl (C=O) groups excluding carboxylic acids is 3. The van der Waals surface area contributed by atoms with Crippen LogP contribution in [0.25, 0.3) is 0 Å². The Morgan fingerprint density at radius 1 is 1.18 bits per heavy atom. The number of rotatable bonds is 7. The molecule has 3 aliphatic rings. The molecule has 10 heteroatoms. The number of amides is 3. The van der Waals surface area contributed by atoms with Crippen molar-refractivity contribution >= 4 is 25.3 Å². The Morgan fingerprint density at radius 2 is 1.82 bits per heavy atom. The molecule has 1 saturated heterocycles. The van der Waals surface area contributed by atoms with E-state index < -0.39 is 42.1 Å². The molecule has 188 valence electrons. The zero-order chi connectivity index (χ0) is 24.6. The van der Waals surface area contributed by atoms with Crippen molar-refractivity contribution in [2.75, 3.05) is 13.2 Å². The van der Waals surface area contributed by atoms with E-state index in [-0.39, 0.29) is 17.9 Å². The van der Waals surface area contributed by atoms with E-state index in [1.54, 1.807) is 0 Å². The molecule has 0 spiro atoms. The topological polar surface area (TPSA) is 125 Å². The lowest BCUT2D eigenvalue weighted by molar-refractivity contribution is -0.142. The number of carbonyl (C=O) groups is 3. The molecule has 1 aliphatic heterocycles. The highest BCUT2D eigenvalue weighted by atomic mass is 31.2. The monoisotopic (exact) mass is 485 g/mol. The maximum Gasteiger partial charge on any atom is 0.408 e. The summed E-state index contributed by atoms with van der Waals surface area (Å²) in [5.41, 5.74) is -0.593. The molecule has 3 fully saturated rings. The highest BCUT2D eigenvalue weighted by Gasteiger charge is 2.64. The molecule has 3 rings (SSSR count). The van der Waals surface area contributed by atoms with Crippen LogP contribution in [0.15, 0.2) is 0 Å². The van der Waals surface area contributed by atoms with E-state index in [0.717, 1.165) is 25.7 Å². The molecule has 2 saturated carbocycles. The molecule has 0 aromatic carbocycles. The van der Waals surface area contributed by atoms with Gasteiger partial charge in [-0.1, -0.05) is 34.1 Å². The highest BCUT2D eigenvalue weighted by Crippen LogP contribution is 2.68. The van der Waals surface area contributed by atoms with Gasteiger partial charge in [0, 0.05) is 13.2 Å². The predicted octanol–water partition coefficient (Wildman–Crippen LogP) is 3.20. The fourth-order valence-corrected chi connectivity index (χ4v) is 7.02. The SMILES string of the molecule is CC[C@@H]1C[C@]1(NC(=O)[C@@H]1CCCN1C(=O)[C@@H](NC(=O)OC1CCCC1)C(C)(C)C)P(C)(=O)O. The average molecular weight is 486 g/mol. The Bertz CT molecular complexity index is 816. The number of nitrogens with one attached hydrogen (secondary N) is 2. The summed E-state index contributed by atoms with van der Waals surface area (Å²) in [6, 6.07) is -1.58. The minimum atomic E-state index is -3.56. The number of hydrogen-bond acceptors (Lipinski definition) is 5. The van der Waals surface area contributed by atoms with Crippen LogP contribution in [0.3, 0.4) is 0 Å². The fraction of sp³-hybridized carbons (Fsp3) is 0.870. The quantitative estimate of drug-likeness (QED) is 0.476. The van der Waals surface area contributed by atoms with Crippen LogP contribution in [0.1, 0.15) is 79.1 Å². The molecule has 1 heterocycles. The Balaban J connectivity index is 1.71. The predicted molar refractivity (Wildman–Crippen MR) is 125 cm³/mol. The number of nitrogens with zero attached hydrogens (tertiary/aromatic N) is 1. The molecule has 33 heavy (non-hydrogen) atoms. The van der Waals surface area contributed by atoms with Gasteiger partial charge in [0.05, 0.1) is 0 Å². The summed E-state index contributed by atoms with van der Waals surface area (Å²) >= 11 is 0. The molecule has 0 aromatic heterocycles. The van der Waals surface area contributed by atoms with Crippen molar-refractivity contribution < 1.29 is 28.6 Å². The summed E-state index contributed by atoms with van der Waals surface area (Å²) in [4.78, 5) is 51.1. The number of ether oxygens (including phenoxy) is 1. The van der Waals surface area contributed by atoms with Gasteiger partial charge in [0.2, 0.25) is 19.2 Å². The number of alkyl carbamates (subject to hydrolysis) is 1. The third-order valence-electron chi connectivity index (χ3n) is 7.44. The van der Waals surface area contributed by atoms with Crippen molar-refractivity contribution in [1.29, 1.82) is 0 Å². The maximum atomic E-state index is 13.5. The van der Waals surface area contributed by atoms with E-state index in [1.165, 1.54) is 11.6 Å². The molecule has 0 bridgehead atoms. The van der Waals surface area contributed by atoms with E-state index in [1.807, 2.05) is 27.7 Å². The fourth-order valence-electron chi connectivity index (χ4n) is 5.29. The van der Waals surface area contributed by atoms with Gasteiger partial charge in [-0.25, -0.2) is 4.79 Å². The van der Waals surface area contributed by atoms with Crippen LogP contribution in [0.5, 0.6) is 0 Å². The molecule has 2 aliphatic carbocycles. The first-order chi connectivity index (χ1) is 15.3. The van der Waals surface area contributed by atoms with Gasteiger partial charge in [0.25, 0.3) is 0 Å². The van der Waals surface area contributed by atoms with Gasteiger partial charge in [-0.3, -0.25) is 14.2 Å². The van der Waals surface area contributed by atoms with Gasteiger partial charge in [0.1, 0.15) is 23.5 Å². The van der Waals surface area contributed by atoms with Crippen molar-refractivity contribution in [2.24, 2.45) is 11.3 Å². The summed E-state index contributed by atoms with van der Waals surface area (Å²) in [6.45, 7) is 9.21. The second-order valence-corrected chi connectivity index (χ2v) is 13.6. The van der Waals surface area contributed by atoms with E-state index >= 15 is 0 Å².